The fraction of sp³-hybridized carbons (Fsp3) is 0.609. The molecule has 6 heteroatoms. The maximum absolute atomic E-state index is 4.38. The number of nitrogens with one attached hydrogen (secondary N) is 2. The lowest BCUT2D eigenvalue weighted by molar-refractivity contribution is 0.124. The van der Waals surface area contributed by atoms with Crippen LogP contribution in [0.15, 0.2) is 41.5 Å². The van der Waals surface area contributed by atoms with E-state index in [4.69, 9.17) is 0 Å². The molecule has 1 aromatic heterocycles. The summed E-state index contributed by atoms with van der Waals surface area (Å²) in [5.41, 5.74) is 1.31. The highest BCUT2D eigenvalue weighted by Gasteiger charge is 2.17. The lowest BCUT2D eigenvalue weighted by Gasteiger charge is -2.35. The van der Waals surface area contributed by atoms with Gasteiger partial charge in [0.15, 0.2) is 5.96 Å². The van der Waals surface area contributed by atoms with Gasteiger partial charge in [-0.3, -0.25) is 4.99 Å². The molecule has 0 spiro atoms. The second-order valence-electron chi connectivity index (χ2n) is 8.14. The minimum atomic E-state index is 0.605. The third kappa shape index (κ3) is 6.47. The van der Waals surface area contributed by atoms with Gasteiger partial charge in [0.25, 0.3) is 0 Å². The number of hydrogen-bond donors (Lipinski definition) is 2. The van der Waals surface area contributed by atoms with Crippen LogP contribution in [0.25, 0.3) is 10.9 Å². The highest BCUT2D eigenvalue weighted by Crippen LogP contribution is 2.15. The summed E-state index contributed by atoms with van der Waals surface area (Å²) in [6.45, 7) is 14.6. The number of hydrogen-bond acceptors (Lipinski definition) is 3. The number of aryl methyl sites for hydroxylation is 1. The average molecular weight is 399 g/mol. The Balaban J connectivity index is 1.32. The molecular weight excluding hydrogens is 360 g/mol. The van der Waals surface area contributed by atoms with Crippen molar-refractivity contribution in [3.63, 3.8) is 0 Å². The molecule has 2 N–H and O–H groups in total. The maximum atomic E-state index is 4.38. The third-order valence-corrected chi connectivity index (χ3v) is 5.87. The normalized spacial score (nSPS) is 17.6. The number of rotatable bonds is 9. The summed E-state index contributed by atoms with van der Waals surface area (Å²) < 4.78 is 2.33. The van der Waals surface area contributed by atoms with Crippen molar-refractivity contribution in [2.24, 2.45) is 10.9 Å². The molecule has 6 nitrogen and oxygen atoms in total. The van der Waals surface area contributed by atoms with Gasteiger partial charge in [0, 0.05) is 71.1 Å². The first kappa shape index (κ1) is 21.7. The number of likely N-dealkylation sites (N-methyl/N-ethyl adjacent to an activating group) is 1. The summed E-state index contributed by atoms with van der Waals surface area (Å²) in [5.74, 6) is 1.51. The highest BCUT2D eigenvalue weighted by molar-refractivity contribution is 5.80. The Morgan fingerprint density at radius 2 is 1.83 bits per heavy atom. The Labute approximate surface area is 176 Å². The topological polar surface area (TPSA) is 47.8 Å². The van der Waals surface area contributed by atoms with Crippen molar-refractivity contribution in [1.29, 1.82) is 0 Å². The molecule has 1 saturated heterocycles. The quantitative estimate of drug-likeness (QED) is 0.387. The number of para-hydroxylation sites is 1. The summed E-state index contributed by atoms with van der Waals surface area (Å²) in [6, 6.07) is 10.7. The number of guanidine groups is 1. The molecule has 0 saturated carbocycles. The van der Waals surface area contributed by atoms with Crippen LogP contribution in [0, 0.1) is 5.92 Å². The summed E-state index contributed by atoms with van der Waals surface area (Å²) in [7, 11) is 1.85. The molecule has 0 aliphatic carbocycles. The minimum absolute atomic E-state index is 0.605. The largest absolute Gasteiger partial charge is 0.356 e. The van der Waals surface area contributed by atoms with Gasteiger partial charge in [0.1, 0.15) is 0 Å². The van der Waals surface area contributed by atoms with Crippen LogP contribution in [-0.2, 0) is 6.54 Å². The number of piperazine rings is 1. The standard InChI is InChI=1S/C23H38N6/c1-4-27-14-16-28(17-15-27)19-20(2)18-26-23(24-3)25-11-7-12-29-13-10-21-8-5-6-9-22(21)29/h5-6,8-10,13,20H,4,7,11-12,14-19H2,1-3H3,(H2,24,25,26). The van der Waals surface area contributed by atoms with Gasteiger partial charge in [-0.2, -0.15) is 0 Å². The SMILES string of the molecule is CCN1CCN(CC(C)CNC(=NC)NCCCn2ccc3ccccc32)CC1. The number of benzene rings is 1. The van der Waals surface area contributed by atoms with E-state index in [1.807, 2.05) is 7.05 Å². The molecule has 29 heavy (non-hydrogen) atoms. The zero-order valence-electron chi connectivity index (χ0n) is 18.4. The Bertz CT molecular complexity index is 760. The van der Waals surface area contributed by atoms with Gasteiger partial charge in [0.2, 0.25) is 0 Å². The van der Waals surface area contributed by atoms with E-state index in [0.29, 0.717) is 5.92 Å². The number of nitrogens with zero attached hydrogens (tertiary/aromatic N) is 4. The summed E-state index contributed by atoms with van der Waals surface area (Å²) in [5, 5.41) is 8.26. The van der Waals surface area contributed by atoms with E-state index in [2.05, 4.69) is 80.4 Å². The summed E-state index contributed by atoms with van der Waals surface area (Å²) in [6.07, 6.45) is 3.25. The van der Waals surface area contributed by atoms with Crippen LogP contribution in [0.3, 0.4) is 0 Å². The molecule has 1 aliphatic heterocycles. The van der Waals surface area contributed by atoms with Gasteiger partial charge in [-0.15, -0.1) is 0 Å². The second kappa shape index (κ2) is 11.2. The predicted molar refractivity (Wildman–Crippen MR) is 124 cm³/mol. The van der Waals surface area contributed by atoms with Crippen molar-refractivity contribution >= 4 is 16.9 Å². The lowest BCUT2D eigenvalue weighted by atomic mass is 10.1. The number of aromatic nitrogens is 1. The van der Waals surface area contributed by atoms with Gasteiger partial charge in [0.05, 0.1) is 0 Å². The van der Waals surface area contributed by atoms with Gasteiger partial charge < -0.3 is 25.0 Å². The zero-order valence-corrected chi connectivity index (χ0v) is 18.4. The fourth-order valence-corrected chi connectivity index (χ4v) is 4.08. The number of aliphatic imine (C=N–C) groups is 1. The van der Waals surface area contributed by atoms with E-state index in [1.165, 1.54) is 43.6 Å². The van der Waals surface area contributed by atoms with Gasteiger partial charge in [-0.05, 0) is 36.4 Å². The zero-order chi connectivity index (χ0) is 20.5. The molecule has 160 valence electrons. The molecule has 0 bridgehead atoms. The molecule has 2 aromatic rings. The van der Waals surface area contributed by atoms with Crippen molar-refractivity contribution < 1.29 is 0 Å². The monoisotopic (exact) mass is 398 g/mol. The molecule has 2 heterocycles. The Hall–Kier alpha value is -2.05. The molecule has 1 aliphatic rings. The van der Waals surface area contributed by atoms with Gasteiger partial charge >= 0.3 is 0 Å². The highest BCUT2D eigenvalue weighted by atomic mass is 15.3. The van der Waals surface area contributed by atoms with Gasteiger partial charge in [-0.1, -0.05) is 32.0 Å². The molecule has 1 atom stereocenters. The second-order valence-corrected chi connectivity index (χ2v) is 8.14. The molecular formula is C23H38N6. The molecule has 0 radical (unpaired) electrons. The fourth-order valence-electron chi connectivity index (χ4n) is 4.08. The average Bonchev–Trinajstić information content (AvgIpc) is 3.17. The van der Waals surface area contributed by atoms with Crippen molar-refractivity contribution in [2.75, 3.05) is 59.4 Å². The first-order valence-electron chi connectivity index (χ1n) is 11.1. The van der Waals surface area contributed by atoms with Crippen molar-refractivity contribution in [3.05, 3.63) is 36.5 Å². The maximum Gasteiger partial charge on any atom is 0.190 e. The first-order valence-corrected chi connectivity index (χ1v) is 11.1. The van der Waals surface area contributed by atoms with Crippen LogP contribution in [0.5, 0.6) is 0 Å². The molecule has 1 fully saturated rings. The van der Waals surface area contributed by atoms with E-state index in [9.17, 15) is 0 Å². The van der Waals surface area contributed by atoms with E-state index >= 15 is 0 Å². The molecule has 1 unspecified atom stereocenters. The smallest absolute Gasteiger partial charge is 0.190 e. The van der Waals surface area contributed by atoms with E-state index in [1.54, 1.807) is 0 Å². The van der Waals surface area contributed by atoms with E-state index in [0.717, 1.165) is 38.6 Å². The summed E-state index contributed by atoms with van der Waals surface area (Å²) >= 11 is 0. The van der Waals surface area contributed by atoms with Crippen LogP contribution in [0.2, 0.25) is 0 Å². The first-order chi connectivity index (χ1) is 14.2. The molecule has 0 amide bonds. The minimum Gasteiger partial charge on any atom is -0.356 e. The summed E-state index contributed by atoms with van der Waals surface area (Å²) in [4.78, 5) is 9.50. The van der Waals surface area contributed by atoms with Crippen LogP contribution in [-0.4, -0.2) is 79.7 Å². The Kier molecular flexibility index (Phi) is 8.38. The van der Waals surface area contributed by atoms with Crippen LogP contribution in [0.1, 0.15) is 20.3 Å². The lowest BCUT2D eigenvalue weighted by Crippen LogP contribution is -2.48. The van der Waals surface area contributed by atoms with Crippen molar-refractivity contribution in [1.82, 2.24) is 25.0 Å². The van der Waals surface area contributed by atoms with Crippen molar-refractivity contribution in [3.8, 4) is 0 Å². The molecule has 1 aromatic carbocycles. The third-order valence-electron chi connectivity index (χ3n) is 5.87. The Morgan fingerprint density at radius 3 is 2.59 bits per heavy atom. The van der Waals surface area contributed by atoms with Crippen LogP contribution < -0.4 is 10.6 Å². The Morgan fingerprint density at radius 1 is 1.07 bits per heavy atom. The number of fused-ring (bicyclic) bond motifs is 1. The van der Waals surface area contributed by atoms with E-state index < -0.39 is 0 Å². The van der Waals surface area contributed by atoms with Crippen LogP contribution >= 0.6 is 0 Å². The predicted octanol–water partition coefficient (Wildman–Crippen LogP) is 2.47. The molecule has 3 rings (SSSR count). The van der Waals surface area contributed by atoms with Crippen molar-refractivity contribution in [2.45, 2.75) is 26.8 Å². The van der Waals surface area contributed by atoms with Crippen LogP contribution in [0.4, 0.5) is 0 Å². The van der Waals surface area contributed by atoms with E-state index in [-0.39, 0.29) is 0 Å². The van der Waals surface area contributed by atoms with Gasteiger partial charge in [-0.25, -0.2) is 0 Å².